The number of pyridine rings is 1. The van der Waals surface area contributed by atoms with Crippen molar-refractivity contribution in [2.24, 2.45) is 5.92 Å². The standard InChI is InChI=1S/C11H18N2O/c1-9(2)4-3-7-14-11-5-6-13-8-10(11)12/h5-6,8-9H,3-4,7,12H2,1-2H3. The minimum atomic E-state index is 0.608. The molecule has 0 spiro atoms. The normalized spacial score (nSPS) is 10.5. The minimum Gasteiger partial charge on any atom is -0.491 e. The van der Waals surface area contributed by atoms with Crippen LogP contribution in [0.15, 0.2) is 18.5 Å². The van der Waals surface area contributed by atoms with Crippen LogP contribution in [-0.4, -0.2) is 11.6 Å². The van der Waals surface area contributed by atoms with Gasteiger partial charge in [-0.2, -0.15) is 0 Å². The second-order valence-electron chi connectivity index (χ2n) is 3.80. The molecule has 0 aliphatic carbocycles. The fourth-order valence-electron chi connectivity index (χ4n) is 1.20. The van der Waals surface area contributed by atoms with Crippen LogP contribution < -0.4 is 10.5 Å². The molecule has 0 atom stereocenters. The van der Waals surface area contributed by atoms with E-state index >= 15 is 0 Å². The molecule has 0 aliphatic heterocycles. The second kappa shape index (κ2) is 5.47. The third-order valence-electron chi connectivity index (χ3n) is 1.99. The number of aromatic nitrogens is 1. The highest BCUT2D eigenvalue weighted by Gasteiger charge is 1.99. The molecule has 78 valence electrons. The van der Waals surface area contributed by atoms with Gasteiger partial charge in [-0.3, -0.25) is 4.98 Å². The van der Waals surface area contributed by atoms with E-state index < -0.39 is 0 Å². The molecule has 0 radical (unpaired) electrons. The van der Waals surface area contributed by atoms with Gasteiger partial charge in [0, 0.05) is 12.3 Å². The van der Waals surface area contributed by atoms with E-state index in [1.54, 1.807) is 18.5 Å². The van der Waals surface area contributed by atoms with Gasteiger partial charge in [-0.25, -0.2) is 0 Å². The van der Waals surface area contributed by atoms with Crippen molar-refractivity contribution in [3.63, 3.8) is 0 Å². The van der Waals surface area contributed by atoms with Gasteiger partial charge < -0.3 is 10.5 Å². The lowest BCUT2D eigenvalue weighted by Crippen LogP contribution is -2.02. The fraction of sp³-hybridized carbons (Fsp3) is 0.545. The van der Waals surface area contributed by atoms with Crippen molar-refractivity contribution in [3.8, 4) is 5.75 Å². The van der Waals surface area contributed by atoms with Crippen molar-refractivity contribution < 1.29 is 4.74 Å². The van der Waals surface area contributed by atoms with Crippen molar-refractivity contribution in [2.75, 3.05) is 12.3 Å². The Bertz CT molecular complexity index is 274. The van der Waals surface area contributed by atoms with Gasteiger partial charge in [0.15, 0.2) is 0 Å². The molecule has 0 unspecified atom stereocenters. The minimum absolute atomic E-state index is 0.608. The van der Waals surface area contributed by atoms with E-state index in [2.05, 4.69) is 18.8 Å². The highest BCUT2D eigenvalue weighted by atomic mass is 16.5. The third kappa shape index (κ3) is 3.64. The highest BCUT2D eigenvalue weighted by molar-refractivity contribution is 5.49. The van der Waals surface area contributed by atoms with Crippen LogP contribution >= 0.6 is 0 Å². The van der Waals surface area contributed by atoms with Crippen molar-refractivity contribution in [2.45, 2.75) is 26.7 Å². The Kier molecular flexibility index (Phi) is 4.23. The Labute approximate surface area is 85.3 Å². The Balaban J connectivity index is 2.28. The van der Waals surface area contributed by atoms with Crippen molar-refractivity contribution in [1.29, 1.82) is 0 Å². The van der Waals surface area contributed by atoms with Gasteiger partial charge in [0.1, 0.15) is 5.75 Å². The lowest BCUT2D eigenvalue weighted by molar-refractivity contribution is 0.299. The van der Waals surface area contributed by atoms with E-state index in [-0.39, 0.29) is 0 Å². The maximum Gasteiger partial charge on any atom is 0.145 e. The molecular formula is C11H18N2O. The Hall–Kier alpha value is -1.25. The zero-order valence-electron chi connectivity index (χ0n) is 8.86. The summed E-state index contributed by atoms with van der Waals surface area (Å²) in [6, 6.07) is 1.80. The SMILES string of the molecule is CC(C)CCCOc1ccncc1N. The third-order valence-corrected chi connectivity index (χ3v) is 1.99. The number of hydrogen-bond donors (Lipinski definition) is 1. The number of anilines is 1. The zero-order chi connectivity index (χ0) is 10.4. The van der Waals surface area contributed by atoms with Crippen molar-refractivity contribution >= 4 is 5.69 Å². The molecular weight excluding hydrogens is 176 g/mol. The second-order valence-corrected chi connectivity index (χ2v) is 3.80. The molecule has 0 bridgehead atoms. The number of nitrogens with two attached hydrogens (primary N) is 1. The Morgan fingerprint density at radius 2 is 2.29 bits per heavy atom. The molecule has 0 saturated carbocycles. The molecule has 1 aromatic rings. The monoisotopic (exact) mass is 194 g/mol. The number of nitrogens with zero attached hydrogens (tertiary/aromatic N) is 1. The predicted octanol–water partition coefficient (Wildman–Crippen LogP) is 2.48. The predicted molar refractivity (Wildman–Crippen MR) is 58.2 cm³/mol. The summed E-state index contributed by atoms with van der Waals surface area (Å²) in [5.74, 6) is 1.47. The summed E-state index contributed by atoms with van der Waals surface area (Å²) in [6.45, 7) is 5.15. The van der Waals surface area contributed by atoms with E-state index in [1.165, 1.54) is 6.42 Å². The van der Waals surface area contributed by atoms with Gasteiger partial charge in [0.05, 0.1) is 18.5 Å². The summed E-state index contributed by atoms with van der Waals surface area (Å²) in [4.78, 5) is 3.90. The average Bonchev–Trinajstić information content (AvgIpc) is 2.15. The van der Waals surface area contributed by atoms with E-state index in [4.69, 9.17) is 10.5 Å². The lowest BCUT2D eigenvalue weighted by atomic mass is 10.1. The molecule has 14 heavy (non-hydrogen) atoms. The molecule has 0 aliphatic rings. The number of hydrogen-bond acceptors (Lipinski definition) is 3. The van der Waals surface area contributed by atoms with E-state index in [0.717, 1.165) is 24.7 Å². The first-order valence-corrected chi connectivity index (χ1v) is 5.02. The van der Waals surface area contributed by atoms with Gasteiger partial charge in [-0.1, -0.05) is 13.8 Å². The van der Waals surface area contributed by atoms with Crippen LogP contribution in [0.2, 0.25) is 0 Å². The number of ether oxygens (including phenoxy) is 1. The molecule has 3 nitrogen and oxygen atoms in total. The summed E-state index contributed by atoms with van der Waals surface area (Å²) < 4.78 is 5.52. The molecule has 0 saturated heterocycles. The maximum atomic E-state index is 5.68. The molecule has 0 amide bonds. The maximum absolute atomic E-state index is 5.68. The average molecular weight is 194 g/mol. The van der Waals surface area contributed by atoms with Crippen LogP contribution in [0.5, 0.6) is 5.75 Å². The van der Waals surface area contributed by atoms with Crippen LogP contribution in [0.3, 0.4) is 0 Å². The quantitative estimate of drug-likeness (QED) is 0.732. The summed E-state index contributed by atoms with van der Waals surface area (Å²) in [5, 5.41) is 0. The first kappa shape index (κ1) is 10.8. The van der Waals surface area contributed by atoms with Gasteiger partial charge in [0.25, 0.3) is 0 Å². The van der Waals surface area contributed by atoms with Crippen molar-refractivity contribution in [3.05, 3.63) is 18.5 Å². The number of rotatable bonds is 5. The molecule has 0 fully saturated rings. The van der Waals surface area contributed by atoms with Crippen LogP contribution in [0, 0.1) is 5.92 Å². The molecule has 0 aromatic carbocycles. The topological polar surface area (TPSA) is 48.1 Å². The highest BCUT2D eigenvalue weighted by Crippen LogP contribution is 2.18. The van der Waals surface area contributed by atoms with Gasteiger partial charge in [-0.05, 0) is 18.8 Å². The summed E-state index contributed by atoms with van der Waals surface area (Å²) >= 11 is 0. The molecule has 1 aromatic heterocycles. The van der Waals surface area contributed by atoms with Gasteiger partial charge >= 0.3 is 0 Å². The Morgan fingerprint density at radius 1 is 1.50 bits per heavy atom. The fourth-order valence-corrected chi connectivity index (χ4v) is 1.20. The van der Waals surface area contributed by atoms with Crippen LogP contribution in [0.4, 0.5) is 5.69 Å². The van der Waals surface area contributed by atoms with Gasteiger partial charge in [0.2, 0.25) is 0 Å². The first-order valence-electron chi connectivity index (χ1n) is 5.02. The lowest BCUT2D eigenvalue weighted by Gasteiger charge is -2.08. The number of nitrogen functional groups attached to an aromatic ring is 1. The van der Waals surface area contributed by atoms with E-state index in [0.29, 0.717) is 5.69 Å². The van der Waals surface area contributed by atoms with E-state index in [9.17, 15) is 0 Å². The first-order chi connectivity index (χ1) is 6.70. The van der Waals surface area contributed by atoms with Gasteiger partial charge in [-0.15, -0.1) is 0 Å². The Morgan fingerprint density at radius 3 is 2.93 bits per heavy atom. The summed E-state index contributed by atoms with van der Waals surface area (Å²) in [6.07, 6.45) is 5.55. The van der Waals surface area contributed by atoms with Crippen LogP contribution in [0.25, 0.3) is 0 Å². The van der Waals surface area contributed by atoms with Crippen LogP contribution in [-0.2, 0) is 0 Å². The smallest absolute Gasteiger partial charge is 0.145 e. The zero-order valence-corrected chi connectivity index (χ0v) is 8.86. The van der Waals surface area contributed by atoms with E-state index in [1.807, 2.05) is 0 Å². The van der Waals surface area contributed by atoms with Crippen LogP contribution in [0.1, 0.15) is 26.7 Å². The summed E-state index contributed by atoms with van der Waals surface area (Å²) in [7, 11) is 0. The largest absolute Gasteiger partial charge is 0.491 e. The molecule has 3 heteroatoms. The molecule has 1 rings (SSSR count). The molecule has 1 heterocycles. The molecule has 2 N–H and O–H groups in total. The van der Waals surface area contributed by atoms with Crippen molar-refractivity contribution in [1.82, 2.24) is 4.98 Å². The summed E-state index contributed by atoms with van der Waals surface area (Å²) in [5.41, 5.74) is 6.28.